The molecule has 1 atom stereocenters. The molecule has 2 heteroatoms. The lowest BCUT2D eigenvalue weighted by Crippen LogP contribution is -2.97. The van der Waals surface area contributed by atoms with E-state index in [0.717, 1.165) is 5.01 Å². The molecular weight excluding hydrogens is 124 g/mol. The highest BCUT2D eigenvalue weighted by atomic mass is 15.4. The number of rotatable bonds is 0. The van der Waals surface area contributed by atoms with Crippen molar-refractivity contribution in [2.24, 2.45) is 5.10 Å². The van der Waals surface area contributed by atoms with Crippen LogP contribution in [0.25, 0.3) is 0 Å². The Morgan fingerprint density at radius 2 is 2.10 bits per heavy atom. The predicted octanol–water partition coefficient (Wildman–Crippen LogP) is 0.180. The molecule has 0 fully saturated rings. The van der Waals surface area contributed by atoms with Crippen molar-refractivity contribution in [2.75, 3.05) is 7.05 Å². The van der Waals surface area contributed by atoms with Crippen LogP contribution in [-0.4, -0.2) is 13.3 Å². The summed E-state index contributed by atoms with van der Waals surface area (Å²) in [4.78, 5) is 0. The molecule has 1 aliphatic heterocycles. The number of para-hydroxylation sites is 1. The van der Waals surface area contributed by atoms with Gasteiger partial charge in [0.2, 0.25) is 0 Å². The molecular formula is C8H9N2+. The van der Waals surface area contributed by atoms with Crippen LogP contribution in [0.4, 0.5) is 5.69 Å². The van der Waals surface area contributed by atoms with E-state index in [1.54, 1.807) is 0 Å². The molecule has 2 nitrogen and oxygen atoms in total. The van der Waals surface area contributed by atoms with Gasteiger partial charge in [0.05, 0.1) is 18.8 Å². The Morgan fingerprint density at radius 3 is 2.90 bits per heavy atom. The minimum atomic E-state index is 1.12. The maximum Gasteiger partial charge on any atom is 0.166 e. The van der Waals surface area contributed by atoms with E-state index >= 15 is 0 Å². The van der Waals surface area contributed by atoms with Crippen LogP contribution in [0.3, 0.4) is 0 Å². The van der Waals surface area contributed by atoms with E-state index in [9.17, 15) is 0 Å². The number of nitrogens with zero attached hydrogens (tertiary/aromatic N) is 1. The molecule has 0 aromatic heterocycles. The van der Waals surface area contributed by atoms with Crippen LogP contribution in [0.15, 0.2) is 29.4 Å². The summed E-state index contributed by atoms with van der Waals surface area (Å²) in [6, 6.07) is 8.24. The number of hydrogen-bond acceptors (Lipinski definition) is 1. The fourth-order valence-corrected chi connectivity index (χ4v) is 1.17. The van der Waals surface area contributed by atoms with E-state index in [4.69, 9.17) is 0 Å². The fraction of sp³-hybridized carbons (Fsp3) is 0.125. The third kappa shape index (κ3) is 0.660. The zero-order valence-electron chi connectivity index (χ0n) is 5.83. The first-order chi connectivity index (χ1) is 4.88. The average Bonchev–Trinajstić information content (AvgIpc) is 2.34. The molecule has 1 aromatic rings. The van der Waals surface area contributed by atoms with E-state index in [1.165, 1.54) is 11.3 Å². The quantitative estimate of drug-likeness (QED) is 0.520. The molecule has 1 aromatic carbocycles. The topological polar surface area (TPSA) is 16.8 Å². The molecule has 10 heavy (non-hydrogen) atoms. The van der Waals surface area contributed by atoms with E-state index in [0.29, 0.717) is 0 Å². The van der Waals surface area contributed by atoms with Crippen molar-refractivity contribution in [3.8, 4) is 0 Å². The van der Waals surface area contributed by atoms with Crippen molar-refractivity contribution in [1.82, 2.24) is 0 Å². The zero-order valence-corrected chi connectivity index (χ0v) is 5.83. The van der Waals surface area contributed by atoms with E-state index in [2.05, 4.69) is 17.2 Å². The Morgan fingerprint density at radius 1 is 1.30 bits per heavy atom. The Balaban J connectivity index is 2.59. The molecule has 50 valence electrons. The lowest BCUT2D eigenvalue weighted by atomic mass is 10.2. The number of hydrogen-bond donors (Lipinski definition) is 1. The molecule has 0 saturated carbocycles. The van der Waals surface area contributed by atoms with Crippen molar-refractivity contribution < 1.29 is 5.01 Å². The normalized spacial score (nSPS) is 21.1. The molecule has 1 N–H and O–H groups in total. The largest absolute Gasteiger partial charge is 0.179 e. The summed E-state index contributed by atoms with van der Waals surface area (Å²) in [5.74, 6) is 0. The minimum absolute atomic E-state index is 1.12. The predicted molar refractivity (Wildman–Crippen MR) is 40.6 cm³/mol. The molecule has 0 saturated heterocycles. The Kier molecular flexibility index (Phi) is 1.08. The van der Waals surface area contributed by atoms with Gasteiger partial charge in [0.15, 0.2) is 5.69 Å². The number of fused-ring (bicyclic) bond motifs is 1. The van der Waals surface area contributed by atoms with Gasteiger partial charge in [-0.1, -0.05) is 17.2 Å². The van der Waals surface area contributed by atoms with Gasteiger partial charge < -0.3 is 0 Å². The van der Waals surface area contributed by atoms with Crippen molar-refractivity contribution in [3.05, 3.63) is 29.8 Å². The van der Waals surface area contributed by atoms with Crippen LogP contribution in [0, 0.1) is 0 Å². The standard InChI is InChI=1S/C8H8N2/c1-10-8-5-3-2-4-7(8)6-9-10/h2-6H,1H3/p+1. The van der Waals surface area contributed by atoms with Crippen LogP contribution in [0.2, 0.25) is 0 Å². The maximum atomic E-state index is 4.20. The van der Waals surface area contributed by atoms with Crippen LogP contribution in [0.1, 0.15) is 5.56 Å². The Bertz CT molecular complexity index is 278. The first kappa shape index (κ1) is 5.62. The van der Waals surface area contributed by atoms with Crippen LogP contribution in [0.5, 0.6) is 0 Å². The summed E-state index contributed by atoms with van der Waals surface area (Å²) in [6.07, 6.45) is 1.91. The molecule has 0 aliphatic carbocycles. The van der Waals surface area contributed by atoms with Gasteiger partial charge in [-0.2, -0.15) is 5.01 Å². The van der Waals surface area contributed by atoms with Crippen molar-refractivity contribution in [3.63, 3.8) is 0 Å². The average molecular weight is 133 g/mol. The van der Waals surface area contributed by atoms with Crippen LogP contribution >= 0.6 is 0 Å². The number of quaternary nitrogens is 1. The first-order valence-electron chi connectivity index (χ1n) is 3.35. The van der Waals surface area contributed by atoms with Crippen molar-refractivity contribution in [2.45, 2.75) is 0 Å². The van der Waals surface area contributed by atoms with Crippen LogP contribution in [-0.2, 0) is 0 Å². The van der Waals surface area contributed by atoms with Crippen molar-refractivity contribution >= 4 is 11.9 Å². The number of nitrogens with one attached hydrogen (secondary N) is 1. The second-order valence-corrected chi connectivity index (χ2v) is 2.43. The molecule has 2 rings (SSSR count). The van der Waals surface area contributed by atoms with Gasteiger partial charge >= 0.3 is 0 Å². The smallest absolute Gasteiger partial charge is 0.166 e. The van der Waals surface area contributed by atoms with Gasteiger partial charge in [-0.15, -0.1) is 0 Å². The molecule has 1 aliphatic rings. The summed E-state index contributed by atoms with van der Waals surface area (Å²) < 4.78 is 0. The molecule has 0 radical (unpaired) electrons. The highest BCUT2D eigenvalue weighted by molar-refractivity contribution is 5.86. The van der Waals surface area contributed by atoms with E-state index in [1.807, 2.05) is 25.4 Å². The summed E-state index contributed by atoms with van der Waals surface area (Å²) in [7, 11) is 2.03. The van der Waals surface area contributed by atoms with E-state index in [-0.39, 0.29) is 0 Å². The molecule has 0 spiro atoms. The van der Waals surface area contributed by atoms with Gasteiger partial charge in [-0.3, -0.25) is 0 Å². The monoisotopic (exact) mass is 133 g/mol. The molecule has 1 heterocycles. The second kappa shape index (κ2) is 1.92. The highest BCUT2D eigenvalue weighted by Crippen LogP contribution is 2.09. The van der Waals surface area contributed by atoms with Gasteiger partial charge in [-0.25, -0.2) is 0 Å². The summed E-state index contributed by atoms with van der Waals surface area (Å²) in [5.41, 5.74) is 2.50. The lowest BCUT2D eigenvalue weighted by molar-refractivity contribution is -0.814. The third-order valence-corrected chi connectivity index (χ3v) is 1.75. The van der Waals surface area contributed by atoms with Gasteiger partial charge in [0.25, 0.3) is 0 Å². The first-order valence-corrected chi connectivity index (χ1v) is 3.35. The molecule has 1 unspecified atom stereocenters. The third-order valence-electron chi connectivity index (χ3n) is 1.75. The number of benzene rings is 1. The minimum Gasteiger partial charge on any atom is -0.179 e. The van der Waals surface area contributed by atoms with Gasteiger partial charge in [0.1, 0.15) is 0 Å². The Labute approximate surface area is 59.8 Å². The summed E-state index contributed by atoms with van der Waals surface area (Å²) in [5, 5.41) is 5.32. The second-order valence-electron chi connectivity index (χ2n) is 2.43. The Hall–Kier alpha value is -1.15. The zero-order chi connectivity index (χ0) is 6.97. The van der Waals surface area contributed by atoms with Gasteiger partial charge in [0, 0.05) is 6.07 Å². The van der Waals surface area contributed by atoms with E-state index < -0.39 is 0 Å². The van der Waals surface area contributed by atoms with Gasteiger partial charge in [-0.05, 0) is 6.07 Å². The fourth-order valence-electron chi connectivity index (χ4n) is 1.17. The lowest BCUT2D eigenvalue weighted by Gasteiger charge is -1.99. The highest BCUT2D eigenvalue weighted by Gasteiger charge is 2.14. The van der Waals surface area contributed by atoms with Crippen molar-refractivity contribution in [1.29, 1.82) is 0 Å². The summed E-state index contributed by atoms with van der Waals surface area (Å²) >= 11 is 0. The maximum absolute atomic E-state index is 4.20. The van der Waals surface area contributed by atoms with Crippen LogP contribution < -0.4 is 5.01 Å². The molecule has 0 amide bonds. The SMILES string of the molecule is C[NH+]1N=Cc2ccccc21. The summed E-state index contributed by atoms with van der Waals surface area (Å²) in [6.45, 7) is 0. The molecule has 0 bridgehead atoms.